The van der Waals surface area contributed by atoms with Crippen LogP contribution in [0.5, 0.6) is 0 Å². The maximum atomic E-state index is 13.5. The predicted molar refractivity (Wildman–Crippen MR) is 187 cm³/mol. The summed E-state index contributed by atoms with van der Waals surface area (Å²) in [7, 11) is -1.74. The number of thiazole rings is 1. The molecule has 0 radical (unpaired) electrons. The fraction of sp³-hybridized carbons (Fsp3) is 0.343. The third-order valence-corrected chi connectivity index (χ3v) is 9.06. The second kappa shape index (κ2) is 16.1. The molecule has 0 aliphatic heterocycles. The highest BCUT2D eigenvalue weighted by Crippen LogP contribution is 2.22. The minimum absolute atomic E-state index is 0.165. The standard InChI is InChI=1S/C35H43N5O5S2/c1-23(2)29-14-26(15-30(18-29)39-47(5,44)45)19-36-20-32(41)31(16-25-10-7-6-8-11-25)38-34(42)27-12-9-13-28(17-27)35(43)40(4)21-33-37-24(3)22-46-33/h6-15,17-18,22-23,31-32,36,39,41H,16,19-21H2,1-5H3,(H,38,42)/t31-,32+/m0/s1. The zero-order chi connectivity index (χ0) is 34.1. The Kier molecular flexibility index (Phi) is 12.3. The van der Waals surface area contributed by atoms with Gasteiger partial charge in [-0.25, -0.2) is 13.4 Å². The van der Waals surface area contributed by atoms with E-state index in [1.54, 1.807) is 42.3 Å². The molecule has 47 heavy (non-hydrogen) atoms. The fourth-order valence-corrected chi connectivity index (χ4v) is 6.47. The third kappa shape index (κ3) is 11.0. The molecule has 0 saturated heterocycles. The Bertz CT molecular complexity index is 1780. The van der Waals surface area contributed by atoms with Crippen molar-refractivity contribution in [2.24, 2.45) is 0 Å². The molecule has 4 N–H and O–H groups in total. The van der Waals surface area contributed by atoms with Crippen molar-refractivity contribution in [3.63, 3.8) is 0 Å². The summed E-state index contributed by atoms with van der Waals surface area (Å²) in [5.41, 5.74) is 4.86. The lowest BCUT2D eigenvalue weighted by Gasteiger charge is -2.25. The quantitative estimate of drug-likeness (QED) is 0.143. The Hall–Kier alpha value is -4.10. The van der Waals surface area contributed by atoms with Crippen LogP contribution in [0.1, 0.15) is 67.9 Å². The van der Waals surface area contributed by atoms with Crippen LogP contribution in [-0.2, 0) is 29.5 Å². The van der Waals surface area contributed by atoms with Gasteiger partial charge in [-0.05, 0) is 66.3 Å². The number of carbonyl (C=O) groups excluding carboxylic acids is 2. The van der Waals surface area contributed by atoms with Crippen molar-refractivity contribution in [3.05, 3.63) is 117 Å². The predicted octanol–water partition coefficient (Wildman–Crippen LogP) is 4.71. The van der Waals surface area contributed by atoms with E-state index >= 15 is 0 Å². The van der Waals surface area contributed by atoms with Crippen molar-refractivity contribution in [3.8, 4) is 0 Å². The average molecular weight is 678 g/mol. The van der Waals surface area contributed by atoms with Gasteiger partial charge in [0.1, 0.15) is 5.01 Å². The number of hydrogen-bond donors (Lipinski definition) is 4. The number of nitrogens with one attached hydrogen (secondary N) is 3. The van der Waals surface area contributed by atoms with Gasteiger partial charge < -0.3 is 20.6 Å². The molecular weight excluding hydrogens is 635 g/mol. The van der Waals surface area contributed by atoms with Gasteiger partial charge in [0.15, 0.2) is 0 Å². The fourth-order valence-electron chi connectivity index (χ4n) is 5.10. The van der Waals surface area contributed by atoms with Crippen LogP contribution in [0.2, 0.25) is 0 Å². The van der Waals surface area contributed by atoms with Crippen LogP contribution in [-0.4, -0.2) is 67.2 Å². The Morgan fingerprint density at radius 1 is 0.979 bits per heavy atom. The minimum Gasteiger partial charge on any atom is -0.390 e. The molecule has 0 bridgehead atoms. The highest BCUT2D eigenvalue weighted by molar-refractivity contribution is 7.92. The zero-order valence-electron chi connectivity index (χ0n) is 27.4. The molecule has 1 heterocycles. The van der Waals surface area contributed by atoms with Crippen LogP contribution in [0.4, 0.5) is 5.69 Å². The Labute approximate surface area is 281 Å². The first-order valence-corrected chi connectivity index (χ1v) is 18.2. The summed E-state index contributed by atoms with van der Waals surface area (Å²) in [5.74, 6) is -0.449. The third-order valence-electron chi connectivity index (χ3n) is 7.50. The van der Waals surface area contributed by atoms with Crippen LogP contribution in [0.15, 0.2) is 78.2 Å². The smallest absolute Gasteiger partial charge is 0.253 e. The summed E-state index contributed by atoms with van der Waals surface area (Å²) in [6.45, 7) is 6.88. The number of hydrogen-bond acceptors (Lipinski definition) is 8. The van der Waals surface area contributed by atoms with Gasteiger partial charge in [-0.3, -0.25) is 14.3 Å². The molecule has 0 spiro atoms. The van der Waals surface area contributed by atoms with E-state index < -0.39 is 28.1 Å². The van der Waals surface area contributed by atoms with E-state index in [0.717, 1.165) is 33.6 Å². The number of anilines is 1. The van der Waals surface area contributed by atoms with Crippen LogP contribution in [0.3, 0.4) is 0 Å². The van der Waals surface area contributed by atoms with Crippen LogP contribution in [0, 0.1) is 6.92 Å². The number of benzene rings is 3. The maximum Gasteiger partial charge on any atom is 0.253 e. The second-order valence-electron chi connectivity index (χ2n) is 12.1. The maximum absolute atomic E-state index is 13.5. The van der Waals surface area contributed by atoms with Gasteiger partial charge in [0.25, 0.3) is 11.8 Å². The number of aromatic nitrogens is 1. The van der Waals surface area contributed by atoms with Gasteiger partial charge in [-0.1, -0.05) is 56.3 Å². The number of nitrogens with zero attached hydrogens (tertiary/aromatic N) is 2. The molecule has 2 amide bonds. The van der Waals surface area contributed by atoms with Crippen LogP contribution < -0.4 is 15.4 Å². The van der Waals surface area contributed by atoms with Gasteiger partial charge >= 0.3 is 0 Å². The van der Waals surface area contributed by atoms with E-state index in [1.807, 2.05) is 68.6 Å². The molecule has 250 valence electrons. The number of rotatable bonds is 15. The van der Waals surface area contributed by atoms with Gasteiger partial charge in [-0.15, -0.1) is 11.3 Å². The van der Waals surface area contributed by atoms with E-state index in [0.29, 0.717) is 36.3 Å². The van der Waals surface area contributed by atoms with E-state index in [9.17, 15) is 23.1 Å². The topological polar surface area (TPSA) is 141 Å². The Balaban J connectivity index is 1.45. The van der Waals surface area contributed by atoms with Gasteiger partial charge in [0, 0.05) is 48.0 Å². The monoisotopic (exact) mass is 677 g/mol. The normalized spacial score (nSPS) is 12.8. The van der Waals surface area contributed by atoms with Crippen molar-refractivity contribution in [1.29, 1.82) is 0 Å². The van der Waals surface area contributed by atoms with Gasteiger partial charge in [0.2, 0.25) is 10.0 Å². The number of carbonyl (C=O) groups is 2. The zero-order valence-corrected chi connectivity index (χ0v) is 29.0. The van der Waals surface area contributed by atoms with E-state index in [2.05, 4.69) is 20.3 Å². The molecule has 1 aromatic heterocycles. The molecule has 0 unspecified atom stereocenters. The van der Waals surface area contributed by atoms with E-state index in [-0.39, 0.29) is 18.4 Å². The molecule has 10 nitrogen and oxygen atoms in total. The molecule has 4 aromatic rings. The summed E-state index contributed by atoms with van der Waals surface area (Å²) >= 11 is 1.49. The molecule has 2 atom stereocenters. The largest absolute Gasteiger partial charge is 0.390 e. The highest BCUT2D eigenvalue weighted by atomic mass is 32.2. The lowest BCUT2D eigenvalue weighted by atomic mass is 9.99. The molecule has 0 aliphatic carbocycles. The highest BCUT2D eigenvalue weighted by Gasteiger charge is 2.23. The summed E-state index contributed by atoms with van der Waals surface area (Å²) in [6.07, 6.45) is 0.538. The Morgan fingerprint density at radius 3 is 2.36 bits per heavy atom. The SMILES string of the molecule is Cc1csc(CN(C)C(=O)c2cccc(C(=O)N[C@@H](Cc3ccccc3)[C@H](O)CNCc3cc(NS(C)(=O)=O)cc(C(C)C)c3)c2)n1. The lowest BCUT2D eigenvalue weighted by molar-refractivity contribution is 0.0784. The van der Waals surface area contributed by atoms with Crippen molar-refractivity contribution in [2.45, 2.75) is 58.3 Å². The average Bonchev–Trinajstić information content (AvgIpc) is 3.43. The number of aliphatic hydroxyl groups excluding tert-OH is 1. The molecule has 12 heteroatoms. The van der Waals surface area contributed by atoms with Crippen molar-refractivity contribution >= 4 is 38.9 Å². The second-order valence-corrected chi connectivity index (χ2v) is 14.8. The number of aryl methyl sites for hydroxylation is 1. The molecular formula is C35H43N5O5S2. The first kappa shape index (κ1) is 35.7. The minimum atomic E-state index is -3.44. The van der Waals surface area contributed by atoms with E-state index in [4.69, 9.17) is 0 Å². The van der Waals surface area contributed by atoms with Crippen LogP contribution in [0.25, 0.3) is 0 Å². The van der Waals surface area contributed by atoms with Crippen LogP contribution >= 0.6 is 11.3 Å². The first-order valence-electron chi connectivity index (χ1n) is 15.4. The number of aliphatic hydroxyl groups is 1. The summed E-state index contributed by atoms with van der Waals surface area (Å²) < 4.78 is 26.2. The molecule has 0 saturated carbocycles. The van der Waals surface area contributed by atoms with Gasteiger partial charge in [0.05, 0.1) is 24.9 Å². The Morgan fingerprint density at radius 2 is 1.70 bits per heavy atom. The first-order chi connectivity index (χ1) is 22.3. The van der Waals surface area contributed by atoms with Crippen molar-refractivity contribution in [1.82, 2.24) is 20.5 Å². The summed E-state index contributed by atoms with van der Waals surface area (Å²) in [4.78, 5) is 32.7. The van der Waals surface area contributed by atoms with E-state index in [1.165, 1.54) is 11.3 Å². The van der Waals surface area contributed by atoms with Gasteiger partial charge in [-0.2, -0.15) is 0 Å². The number of sulfonamides is 1. The lowest BCUT2D eigenvalue weighted by Crippen LogP contribution is -2.48. The summed E-state index contributed by atoms with van der Waals surface area (Å²) in [6, 6.07) is 21.1. The molecule has 0 aliphatic rings. The van der Waals surface area contributed by atoms with Crippen molar-refractivity contribution in [2.75, 3.05) is 24.6 Å². The molecule has 4 rings (SSSR count). The molecule has 3 aromatic carbocycles. The summed E-state index contributed by atoms with van der Waals surface area (Å²) in [5, 5.41) is 20.3. The molecule has 0 fully saturated rings. The number of amides is 2. The van der Waals surface area contributed by atoms with Crippen molar-refractivity contribution < 1.29 is 23.1 Å².